The molecule has 10 atom stereocenters. The second-order valence-electron chi connectivity index (χ2n) is 39.2. The number of epoxide rings is 1. The Kier molecular flexibility index (Phi) is 25.0. The average molecular weight is 1510 g/mol. The van der Waals surface area contributed by atoms with Gasteiger partial charge in [0, 0.05) is 123 Å². The van der Waals surface area contributed by atoms with Gasteiger partial charge in [-0.05, 0) is 180 Å². The Morgan fingerprint density at radius 2 is 0.631 bits per heavy atom. The molecule has 11 heterocycles. The molecule has 5 aromatic rings. The van der Waals surface area contributed by atoms with Crippen LogP contribution in [0.5, 0.6) is 0 Å². The van der Waals surface area contributed by atoms with E-state index >= 15 is 0 Å². The zero-order valence-corrected chi connectivity index (χ0v) is 72.3. The van der Waals surface area contributed by atoms with Crippen molar-refractivity contribution in [3.05, 3.63) is 149 Å². The highest BCUT2D eigenvalue weighted by molar-refractivity contribution is 8.06. The zero-order chi connectivity index (χ0) is 73.8. The maximum atomic E-state index is 12.8. The number of hydrogen-bond donors (Lipinski definition) is 1. The molecule has 11 heteroatoms. The summed E-state index contributed by atoms with van der Waals surface area (Å²) < 4.78 is 11.5. The molecule has 11 fully saturated rings. The van der Waals surface area contributed by atoms with E-state index in [1.165, 1.54) is 145 Å². The molecule has 0 saturated carbocycles. The number of carbonyl (C=O) groups excluding carboxylic acids is 1. The number of ether oxygens (including phenoxy) is 2. The quantitative estimate of drug-likeness (QED) is 0.140. The first-order valence-electron chi connectivity index (χ1n) is 40.3. The van der Waals surface area contributed by atoms with Crippen molar-refractivity contribution in [2.45, 2.75) is 356 Å². The highest BCUT2D eigenvalue weighted by Crippen LogP contribution is 2.54. The highest BCUT2D eigenvalue weighted by Gasteiger charge is 2.63. The van der Waals surface area contributed by atoms with E-state index in [0.29, 0.717) is 87.0 Å². The van der Waals surface area contributed by atoms with Crippen LogP contribution in [0.2, 0.25) is 0 Å². The Morgan fingerprint density at radius 1 is 0.379 bits per heavy atom. The van der Waals surface area contributed by atoms with E-state index < -0.39 is 5.60 Å². The summed E-state index contributed by atoms with van der Waals surface area (Å²) in [5, 5.41) is 18.4. The van der Waals surface area contributed by atoms with Gasteiger partial charge in [-0.1, -0.05) is 185 Å². The van der Waals surface area contributed by atoms with Gasteiger partial charge in [-0.25, -0.2) is 0 Å². The molecular weight excluding hydrogens is 1380 g/mol. The SMILES string of the molecule is CC(C)(C)C(=O)N1CC2CCCC(C1)[S+]2c1ccc(C(C)(C)C)cc1.CC(C)(C)c1ccc([S+]2C3CCC2CC2(CO2)C3)cc1.CC(C)(C)c1ccc([S+]2C3CCCC2COC3)cc1.CC(C)(C)c1ccc([S+]2C3CCCC2CSC3)cc1.CC1(O)CC2CCC(C1)[S+]2c1ccc(C(C)(C)C)cc1. The number of nitrogens with zero attached hydrogens (tertiary/aromatic N) is 1. The van der Waals surface area contributed by atoms with Gasteiger partial charge in [-0.3, -0.25) is 4.79 Å². The van der Waals surface area contributed by atoms with Gasteiger partial charge in [-0.2, -0.15) is 11.8 Å². The molecule has 5 nitrogen and oxygen atoms in total. The van der Waals surface area contributed by atoms with Crippen LogP contribution in [0.1, 0.15) is 269 Å². The van der Waals surface area contributed by atoms with Gasteiger partial charge in [0.05, 0.1) is 38.5 Å². The molecular formula is C92H136NO4S6+5. The van der Waals surface area contributed by atoms with Crippen LogP contribution in [-0.2, 0) is 95.8 Å². The maximum Gasteiger partial charge on any atom is 0.228 e. The van der Waals surface area contributed by atoms with Crippen molar-refractivity contribution >= 4 is 72.1 Å². The van der Waals surface area contributed by atoms with E-state index in [-0.39, 0.29) is 32.5 Å². The van der Waals surface area contributed by atoms with Crippen LogP contribution in [0.25, 0.3) is 0 Å². The summed E-state index contributed by atoms with van der Waals surface area (Å²) in [4.78, 5) is 22.8. The standard InChI is InChI=1S/C22H34NOS.C18H25OS.C18H27OS.C17H25OS.C17H25S2/c1-21(2,3)16-10-12-17(13-11-16)25-18-8-7-9-19(25)15-23(14-18)20(24)22(4,5)6;1-17(2,3)13-4-6-14(7-5-13)20-15-8-9-16(20)11-18(10-15)12-19-18;1-17(2,3)13-5-7-14(8-6-13)20-15-9-10-16(20)12-18(4,19)11-15;2*1-17(2,3)13-7-9-14(10-8-13)19-15-5-4-6-16(19)12-18-11-15/h10-13,18-19H,7-9,14-15H2,1-6H3;4-7,15-16H,8-12H2,1-3H3;5-8,15-16,19H,9-12H2,1-4H3;2*7-10,15-16H,4-6,11-12H2,1-3H3/q5*+1. The first kappa shape index (κ1) is 80.1. The summed E-state index contributed by atoms with van der Waals surface area (Å²) >= 11 is 2.20. The van der Waals surface area contributed by atoms with Crippen LogP contribution >= 0.6 is 11.8 Å². The molecule has 11 saturated heterocycles. The number of likely N-dealkylation sites (tertiary alicyclic amines) is 1. The predicted octanol–water partition coefficient (Wildman–Crippen LogP) is 21.4. The molecule has 10 unspecified atom stereocenters. The van der Waals surface area contributed by atoms with Gasteiger partial charge in [0.1, 0.15) is 58.1 Å². The third kappa shape index (κ3) is 19.5. The number of hydrogen-bond acceptors (Lipinski definition) is 5. The Bertz CT molecular complexity index is 3320. The summed E-state index contributed by atoms with van der Waals surface area (Å²) in [6.45, 7) is 47.4. The molecule has 103 heavy (non-hydrogen) atoms. The number of carbonyl (C=O) groups is 1. The molecule has 11 aliphatic rings. The van der Waals surface area contributed by atoms with Crippen LogP contribution < -0.4 is 0 Å². The molecule has 16 rings (SSSR count). The normalized spacial score (nSPS) is 33.0. The van der Waals surface area contributed by atoms with Crippen LogP contribution in [0.3, 0.4) is 0 Å². The third-order valence-corrected chi connectivity index (χ3v) is 41.3. The van der Waals surface area contributed by atoms with Crippen LogP contribution in [0.4, 0.5) is 0 Å². The van der Waals surface area contributed by atoms with Crippen molar-refractivity contribution in [2.75, 3.05) is 44.4 Å². The fraction of sp³-hybridized carbons (Fsp3) is 0.663. The van der Waals surface area contributed by atoms with Crippen LogP contribution in [0.15, 0.2) is 146 Å². The summed E-state index contributed by atoms with van der Waals surface area (Å²) in [7, 11) is 2.14. The lowest BCUT2D eigenvalue weighted by Crippen LogP contribution is -2.57. The van der Waals surface area contributed by atoms with E-state index in [1.807, 2.05) is 27.7 Å². The van der Waals surface area contributed by atoms with Crippen LogP contribution in [0, 0.1) is 5.41 Å². The van der Waals surface area contributed by atoms with Crippen molar-refractivity contribution in [3.8, 4) is 0 Å². The lowest BCUT2D eigenvalue weighted by Gasteiger charge is -2.42. The van der Waals surface area contributed by atoms with E-state index in [9.17, 15) is 9.90 Å². The van der Waals surface area contributed by atoms with Crippen LogP contribution in [-0.4, -0.2) is 124 Å². The Balaban J connectivity index is 0.000000122. The molecule has 0 aromatic heterocycles. The summed E-state index contributed by atoms with van der Waals surface area (Å²) in [5.74, 6) is 3.14. The minimum absolute atomic E-state index is 0.208. The Labute approximate surface area is 646 Å². The van der Waals surface area contributed by atoms with Gasteiger partial charge in [0.25, 0.3) is 0 Å². The molecule has 1 N–H and O–H groups in total. The lowest BCUT2D eigenvalue weighted by atomic mass is 9.87. The number of thioether (sulfide) groups is 1. The van der Waals surface area contributed by atoms with Gasteiger partial charge < -0.3 is 19.5 Å². The monoisotopic (exact) mass is 1510 g/mol. The fourth-order valence-corrected chi connectivity index (χ4v) is 37.4. The molecule has 5 aromatic carbocycles. The number of amides is 1. The topological polar surface area (TPSA) is 62.3 Å². The van der Waals surface area contributed by atoms with Gasteiger partial charge in [0.15, 0.2) is 24.5 Å². The van der Waals surface area contributed by atoms with Crippen molar-refractivity contribution < 1.29 is 19.4 Å². The molecule has 10 bridgehead atoms. The average Bonchev–Trinajstić information content (AvgIpc) is 1.65. The van der Waals surface area contributed by atoms with Gasteiger partial charge >= 0.3 is 0 Å². The smallest absolute Gasteiger partial charge is 0.228 e. The minimum atomic E-state index is -0.416. The molecule has 0 aliphatic carbocycles. The first-order chi connectivity index (χ1) is 48.4. The lowest BCUT2D eigenvalue weighted by molar-refractivity contribution is -0.139. The number of benzene rings is 5. The second kappa shape index (κ2) is 32.1. The van der Waals surface area contributed by atoms with E-state index in [2.05, 4.69) is 242 Å². The summed E-state index contributed by atoms with van der Waals surface area (Å²) in [6, 6.07) is 47.4. The third-order valence-electron chi connectivity index (χ3n) is 24.4. The van der Waals surface area contributed by atoms with Gasteiger partial charge in [0.2, 0.25) is 5.91 Å². The summed E-state index contributed by atoms with van der Waals surface area (Å²) in [5.41, 5.74) is 8.09. The van der Waals surface area contributed by atoms with E-state index in [4.69, 9.17) is 9.47 Å². The minimum Gasteiger partial charge on any atom is -0.390 e. The van der Waals surface area contributed by atoms with E-state index in [0.717, 1.165) is 77.3 Å². The molecule has 11 aliphatic heterocycles. The molecule has 1 amide bonds. The molecule has 1 spiro atoms. The molecule has 0 radical (unpaired) electrons. The largest absolute Gasteiger partial charge is 0.390 e. The van der Waals surface area contributed by atoms with Gasteiger partial charge in [-0.15, -0.1) is 0 Å². The van der Waals surface area contributed by atoms with Crippen molar-refractivity contribution in [1.29, 1.82) is 0 Å². The van der Waals surface area contributed by atoms with Crippen molar-refractivity contribution in [2.24, 2.45) is 5.41 Å². The highest BCUT2D eigenvalue weighted by atomic mass is 32.2. The van der Waals surface area contributed by atoms with E-state index in [1.54, 1.807) is 14.7 Å². The Hall–Kier alpha value is -2.45. The fourth-order valence-electron chi connectivity index (χ4n) is 18.5. The predicted molar refractivity (Wildman–Crippen MR) is 454 cm³/mol. The molecule has 564 valence electrons. The zero-order valence-electron chi connectivity index (χ0n) is 67.4. The van der Waals surface area contributed by atoms with Crippen molar-refractivity contribution in [1.82, 2.24) is 4.90 Å². The first-order valence-corrected chi connectivity index (χ1v) is 48.3. The number of aliphatic hydroxyl groups is 1. The number of fused-ring (bicyclic) bond motifs is 10. The summed E-state index contributed by atoms with van der Waals surface area (Å²) in [6.07, 6.45) is 22.5. The van der Waals surface area contributed by atoms with Crippen molar-refractivity contribution in [3.63, 3.8) is 0 Å². The Morgan fingerprint density at radius 3 is 0.913 bits per heavy atom. The second-order valence-corrected chi connectivity index (χ2v) is 53.0. The number of rotatable bonds is 5. The maximum absolute atomic E-state index is 12.8.